The molecule has 0 saturated carbocycles. The second-order valence-electron chi connectivity index (χ2n) is 4.89. The van der Waals surface area contributed by atoms with Gasteiger partial charge in [0.2, 0.25) is 0 Å². The summed E-state index contributed by atoms with van der Waals surface area (Å²) < 4.78 is 32.4. The van der Waals surface area contributed by atoms with Crippen LogP contribution in [0.15, 0.2) is 24.3 Å². The topological polar surface area (TPSA) is 61.9 Å². The van der Waals surface area contributed by atoms with Crippen molar-refractivity contribution in [1.29, 1.82) is 0 Å². The molecule has 1 N–H and O–H groups in total. The fourth-order valence-electron chi connectivity index (χ4n) is 1.74. The van der Waals surface area contributed by atoms with Crippen molar-refractivity contribution in [2.24, 2.45) is 0 Å². The largest absolute Gasteiger partial charge is 0.497 e. The van der Waals surface area contributed by atoms with Crippen LogP contribution in [-0.4, -0.2) is 59.5 Å². The molecule has 6 nitrogen and oxygen atoms in total. The third kappa shape index (κ3) is 4.45. The number of likely N-dealkylation sites (N-methyl/N-ethyl adjacent to an activating group) is 1. The van der Waals surface area contributed by atoms with Gasteiger partial charge in [0.25, 0.3) is 10.2 Å². The summed E-state index contributed by atoms with van der Waals surface area (Å²) >= 11 is 0. The van der Waals surface area contributed by atoms with E-state index in [9.17, 15) is 8.42 Å². The third-order valence-electron chi connectivity index (χ3n) is 3.06. The molecule has 1 atom stereocenters. The standard InChI is InChI=1S/C13H23N3O3S/c1-15(2)13(10-14-20(17,18)16(3)4)11-6-8-12(19-5)9-7-11/h6-9,13-14H,10H2,1-5H3. The van der Waals surface area contributed by atoms with Gasteiger partial charge in [-0.3, -0.25) is 0 Å². The Kier molecular flexibility index (Phi) is 5.94. The van der Waals surface area contributed by atoms with Crippen LogP contribution in [-0.2, 0) is 10.2 Å². The molecular formula is C13H23N3O3S. The van der Waals surface area contributed by atoms with Crippen molar-refractivity contribution in [2.75, 3.05) is 41.8 Å². The maximum Gasteiger partial charge on any atom is 0.278 e. The summed E-state index contributed by atoms with van der Waals surface area (Å²) in [5.74, 6) is 0.778. The van der Waals surface area contributed by atoms with Gasteiger partial charge in [0, 0.05) is 26.7 Å². The molecule has 0 aromatic heterocycles. The molecule has 0 aliphatic rings. The minimum Gasteiger partial charge on any atom is -0.497 e. The van der Waals surface area contributed by atoms with Crippen LogP contribution in [0, 0.1) is 0 Å². The van der Waals surface area contributed by atoms with Gasteiger partial charge in [0.15, 0.2) is 0 Å². The summed E-state index contributed by atoms with van der Waals surface area (Å²) in [5, 5.41) is 0. The number of rotatable bonds is 7. The van der Waals surface area contributed by atoms with E-state index in [0.29, 0.717) is 6.54 Å². The van der Waals surface area contributed by atoms with Gasteiger partial charge >= 0.3 is 0 Å². The Bertz CT molecular complexity index is 512. The molecule has 0 fully saturated rings. The van der Waals surface area contributed by atoms with Gasteiger partial charge in [0.05, 0.1) is 7.11 Å². The molecule has 0 radical (unpaired) electrons. The average molecular weight is 301 g/mol. The second kappa shape index (κ2) is 7.03. The lowest BCUT2D eigenvalue weighted by atomic mass is 10.1. The smallest absolute Gasteiger partial charge is 0.278 e. The minimum absolute atomic E-state index is 0.0457. The van der Waals surface area contributed by atoms with E-state index in [1.165, 1.54) is 14.1 Å². The van der Waals surface area contributed by atoms with Gasteiger partial charge in [-0.25, -0.2) is 4.72 Å². The molecule has 0 saturated heterocycles. The van der Waals surface area contributed by atoms with Gasteiger partial charge in [-0.05, 0) is 31.8 Å². The maximum atomic E-state index is 11.8. The van der Waals surface area contributed by atoms with Crippen LogP contribution in [0.5, 0.6) is 5.75 Å². The van der Waals surface area contributed by atoms with Crippen LogP contribution >= 0.6 is 0 Å². The van der Waals surface area contributed by atoms with Crippen molar-refractivity contribution in [3.05, 3.63) is 29.8 Å². The first kappa shape index (κ1) is 16.9. The Morgan fingerprint density at radius 3 is 2.10 bits per heavy atom. The quantitative estimate of drug-likeness (QED) is 0.805. The first-order chi connectivity index (χ1) is 9.27. The molecule has 114 valence electrons. The number of hydrogen-bond acceptors (Lipinski definition) is 4. The molecule has 7 heteroatoms. The summed E-state index contributed by atoms with van der Waals surface area (Å²) in [6.07, 6.45) is 0. The zero-order chi connectivity index (χ0) is 15.3. The van der Waals surface area contributed by atoms with Crippen LogP contribution in [0.25, 0.3) is 0 Å². The van der Waals surface area contributed by atoms with Gasteiger partial charge in [0.1, 0.15) is 5.75 Å². The van der Waals surface area contributed by atoms with Crippen molar-refractivity contribution in [2.45, 2.75) is 6.04 Å². The molecule has 1 aromatic rings. The van der Waals surface area contributed by atoms with Gasteiger partial charge < -0.3 is 9.64 Å². The summed E-state index contributed by atoms with van der Waals surface area (Å²) in [6, 6.07) is 7.56. The van der Waals surface area contributed by atoms with Crippen molar-refractivity contribution in [3.8, 4) is 5.75 Å². The van der Waals surface area contributed by atoms with Crippen LogP contribution in [0.4, 0.5) is 0 Å². The normalized spacial score (nSPS) is 13.8. The molecule has 0 amide bonds. The number of benzene rings is 1. The number of hydrogen-bond donors (Lipinski definition) is 1. The predicted octanol–water partition coefficient (Wildman–Crippen LogP) is 0.694. The van der Waals surface area contributed by atoms with Crippen LogP contribution in [0.3, 0.4) is 0 Å². The molecule has 20 heavy (non-hydrogen) atoms. The molecule has 0 bridgehead atoms. The van der Waals surface area contributed by atoms with Gasteiger partial charge in [-0.15, -0.1) is 0 Å². The summed E-state index contributed by atoms with van der Waals surface area (Å²) in [5.41, 5.74) is 1.03. The first-order valence-corrected chi connectivity index (χ1v) is 7.69. The van der Waals surface area contributed by atoms with Crippen LogP contribution in [0.2, 0.25) is 0 Å². The average Bonchev–Trinajstić information content (AvgIpc) is 2.39. The van der Waals surface area contributed by atoms with E-state index in [0.717, 1.165) is 15.6 Å². The zero-order valence-electron chi connectivity index (χ0n) is 12.6. The summed E-state index contributed by atoms with van der Waals surface area (Å²) in [6.45, 7) is 0.305. The van der Waals surface area contributed by atoms with Crippen molar-refractivity contribution < 1.29 is 13.2 Å². The Hall–Kier alpha value is -1.15. The van der Waals surface area contributed by atoms with Crippen molar-refractivity contribution in [3.63, 3.8) is 0 Å². The van der Waals surface area contributed by atoms with E-state index in [1.54, 1.807) is 7.11 Å². The monoisotopic (exact) mass is 301 g/mol. The Morgan fingerprint density at radius 2 is 1.70 bits per heavy atom. The fraction of sp³-hybridized carbons (Fsp3) is 0.538. The number of nitrogens with zero attached hydrogens (tertiary/aromatic N) is 2. The highest BCUT2D eigenvalue weighted by molar-refractivity contribution is 7.87. The SMILES string of the molecule is COc1ccc(C(CNS(=O)(=O)N(C)C)N(C)C)cc1. The highest BCUT2D eigenvalue weighted by Crippen LogP contribution is 2.20. The highest BCUT2D eigenvalue weighted by Gasteiger charge is 2.19. The van der Waals surface area contributed by atoms with E-state index < -0.39 is 10.2 Å². The summed E-state index contributed by atoms with van der Waals surface area (Å²) in [7, 11) is 5.03. The van der Waals surface area contributed by atoms with E-state index in [2.05, 4.69) is 4.72 Å². The highest BCUT2D eigenvalue weighted by atomic mass is 32.2. The lowest BCUT2D eigenvalue weighted by molar-refractivity contribution is 0.298. The summed E-state index contributed by atoms with van der Waals surface area (Å²) in [4.78, 5) is 1.97. The molecule has 1 rings (SSSR count). The molecular weight excluding hydrogens is 278 g/mol. The molecule has 0 spiro atoms. The number of methoxy groups -OCH3 is 1. The van der Waals surface area contributed by atoms with E-state index in [4.69, 9.17) is 4.74 Å². The maximum absolute atomic E-state index is 11.8. The lowest BCUT2D eigenvalue weighted by Crippen LogP contribution is -2.40. The molecule has 0 aliphatic carbocycles. The molecule has 0 aliphatic heterocycles. The van der Waals surface area contributed by atoms with Crippen molar-refractivity contribution >= 4 is 10.2 Å². The molecule has 0 heterocycles. The van der Waals surface area contributed by atoms with Crippen molar-refractivity contribution in [1.82, 2.24) is 13.9 Å². The molecule has 1 aromatic carbocycles. The lowest BCUT2D eigenvalue weighted by Gasteiger charge is -2.26. The third-order valence-corrected chi connectivity index (χ3v) is 4.56. The molecule has 1 unspecified atom stereocenters. The van der Waals surface area contributed by atoms with E-state index in [1.807, 2.05) is 43.3 Å². The zero-order valence-corrected chi connectivity index (χ0v) is 13.4. The van der Waals surface area contributed by atoms with Crippen LogP contribution in [0.1, 0.15) is 11.6 Å². The fourth-order valence-corrected chi connectivity index (χ4v) is 2.36. The number of ether oxygens (including phenoxy) is 1. The Balaban J connectivity index is 2.84. The van der Waals surface area contributed by atoms with Gasteiger partial charge in [-0.2, -0.15) is 12.7 Å². The second-order valence-corrected chi connectivity index (χ2v) is 6.86. The first-order valence-electron chi connectivity index (χ1n) is 6.25. The Morgan fingerprint density at radius 1 is 1.15 bits per heavy atom. The predicted molar refractivity (Wildman–Crippen MR) is 80.0 cm³/mol. The Labute approximate surface area is 121 Å². The van der Waals surface area contributed by atoms with E-state index >= 15 is 0 Å². The van der Waals surface area contributed by atoms with E-state index in [-0.39, 0.29) is 6.04 Å². The van der Waals surface area contributed by atoms with Gasteiger partial charge in [-0.1, -0.05) is 12.1 Å². The number of nitrogens with one attached hydrogen (secondary N) is 1. The minimum atomic E-state index is -3.42. The van der Waals surface area contributed by atoms with Crippen LogP contribution < -0.4 is 9.46 Å².